The molecule has 3 aromatic carbocycles. The third kappa shape index (κ3) is 6.98. The molecule has 2 nitrogen and oxygen atoms in total. The van der Waals surface area contributed by atoms with Crippen molar-refractivity contribution in [2.24, 2.45) is 0 Å². The minimum Gasteiger partial charge on any atom is -0.277 e. The molecule has 0 aromatic heterocycles. The molecule has 0 aliphatic carbocycles. The van der Waals surface area contributed by atoms with E-state index in [0.717, 1.165) is 22.9 Å². The lowest BCUT2D eigenvalue weighted by molar-refractivity contribution is 0.0999. The van der Waals surface area contributed by atoms with E-state index in [1.807, 2.05) is 77.3 Å². The number of hydrogen-bond acceptors (Lipinski definition) is 2. The van der Waals surface area contributed by atoms with E-state index in [9.17, 15) is 4.79 Å². The van der Waals surface area contributed by atoms with Gasteiger partial charge in [0.2, 0.25) is 0 Å². The molecule has 0 saturated heterocycles. The highest BCUT2D eigenvalue weighted by Crippen LogP contribution is 2.36. The average molecular weight is 460 g/mol. The van der Waals surface area contributed by atoms with E-state index < -0.39 is 0 Å². The number of nitrogens with zero attached hydrogens (tertiary/aromatic N) is 1. The molecule has 3 rings (SSSR count). The molecule has 174 valence electrons. The Hall–Kier alpha value is -2.52. The van der Waals surface area contributed by atoms with Crippen LogP contribution < -0.4 is 4.90 Å². The van der Waals surface area contributed by atoms with Crippen LogP contribution in [0.5, 0.6) is 0 Å². The third-order valence-electron chi connectivity index (χ3n) is 5.83. The number of thioether (sulfide) groups is 1. The van der Waals surface area contributed by atoms with Gasteiger partial charge in [0, 0.05) is 17.0 Å². The van der Waals surface area contributed by atoms with Crippen LogP contribution in [-0.4, -0.2) is 11.7 Å². The van der Waals surface area contributed by atoms with E-state index in [1.54, 1.807) is 0 Å². The maximum absolute atomic E-state index is 13.8. The predicted octanol–water partition coefficient (Wildman–Crippen LogP) is 8.78. The number of hydrogen-bond donors (Lipinski definition) is 0. The maximum atomic E-state index is 13.8. The average Bonchev–Trinajstić information content (AvgIpc) is 2.82. The molecule has 0 unspecified atom stereocenters. The van der Waals surface area contributed by atoms with Gasteiger partial charge in [-0.2, -0.15) is 11.8 Å². The zero-order valence-corrected chi connectivity index (χ0v) is 21.3. The van der Waals surface area contributed by atoms with Gasteiger partial charge in [0.15, 0.2) is 0 Å². The molecule has 0 saturated carbocycles. The summed E-state index contributed by atoms with van der Waals surface area (Å²) in [6, 6.07) is 26.3. The summed E-state index contributed by atoms with van der Waals surface area (Å²) in [5.41, 5.74) is 5.02. The zero-order valence-electron chi connectivity index (χ0n) is 20.5. The Morgan fingerprint density at radius 3 is 2.15 bits per heavy atom. The standard InChI is InChI=1S/C30H37NOS/c1-5-6-7-14-21-33-23-25-19-20-26(30(2,3)4)22-28(25)31(27-17-12-9-13-18-27)29(32)24-15-10-8-11-16-24/h8-13,15-20,22H,5-7,14,21,23H2,1-4H3. The number of rotatable bonds is 10. The molecule has 0 spiro atoms. The van der Waals surface area contributed by atoms with Crippen LogP contribution in [-0.2, 0) is 11.2 Å². The van der Waals surface area contributed by atoms with Gasteiger partial charge in [0.05, 0.1) is 5.69 Å². The molecule has 1 amide bonds. The lowest BCUT2D eigenvalue weighted by Crippen LogP contribution is -2.27. The summed E-state index contributed by atoms with van der Waals surface area (Å²) in [4.78, 5) is 15.7. The van der Waals surface area contributed by atoms with Gasteiger partial charge in [-0.3, -0.25) is 9.69 Å². The topological polar surface area (TPSA) is 20.3 Å². The first-order chi connectivity index (χ1) is 15.9. The summed E-state index contributed by atoms with van der Waals surface area (Å²) in [6.07, 6.45) is 5.11. The van der Waals surface area contributed by atoms with Gasteiger partial charge in [-0.05, 0) is 59.0 Å². The lowest BCUT2D eigenvalue weighted by Gasteiger charge is -2.28. The first-order valence-corrected chi connectivity index (χ1v) is 13.2. The molecule has 0 aliphatic heterocycles. The van der Waals surface area contributed by atoms with Crippen molar-refractivity contribution in [3.63, 3.8) is 0 Å². The minimum atomic E-state index is -0.00126. The number of para-hydroxylation sites is 1. The molecule has 3 heteroatoms. The fourth-order valence-corrected chi connectivity index (χ4v) is 4.84. The van der Waals surface area contributed by atoms with Gasteiger partial charge < -0.3 is 0 Å². The zero-order chi connectivity index (χ0) is 23.7. The second-order valence-electron chi connectivity index (χ2n) is 9.55. The van der Waals surface area contributed by atoms with Crippen LogP contribution in [0, 0.1) is 0 Å². The number of benzene rings is 3. The van der Waals surface area contributed by atoms with E-state index in [1.165, 1.54) is 36.8 Å². The molecule has 0 bridgehead atoms. The monoisotopic (exact) mass is 459 g/mol. The lowest BCUT2D eigenvalue weighted by atomic mass is 9.86. The van der Waals surface area contributed by atoms with Crippen molar-refractivity contribution < 1.29 is 4.79 Å². The van der Waals surface area contributed by atoms with Crippen LogP contribution in [0.3, 0.4) is 0 Å². The molecule has 33 heavy (non-hydrogen) atoms. The van der Waals surface area contributed by atoms with Crippen molar-refractivity contribution in [3.05, 3.63) is 95.6 Å². The predicted molar refractivity (Wildman–Crippen MR) is 145 cm³/mol. The van der Waals surface area contributed by atoms with Crippen molar-refractivity contribution in [3.8, 4) is 0 Å². The van der Waals surface area contributed by atoms with Crippen LogP contribution in [0.15, 0.2) is 78.9 Å². The Kier molecular flexibility index (Phi) is 9.20. The second kappa shape index (κ2) is 12.1. The molecule has 0 atom stereocenters. The summed E-state index contributed by atoms with van der Waals surface area (Å²) in [5, 5.41) is 0. The highest BCUT2D eigenvalue weighted by atomic mass is 32.2. The summed E-state index contributed by atoms with van der Waals surface area (Å²) in [6.45, 7) is 8.92. The van der Waals surface area contributed by atoms with E-state index >= 15 is 0 Å². The smallest absolute Gasteiger partial charge is 0.262 e. The van der Waals surface area contributed by atoms with E-state index in [4.69, 9.17) is 0 Å². The first-order valence-electron chi connectivity index (χ1n) is 12.1. The first kappa shape index (κ1) is 25.1. The highest BCUT2D eigenvalue weighted by Gasteiger charge is 2.24. The summed E-state index contributed by atoms with van der Waals surface area (Å²) < 4.78 is 0. The van der Waals surface area contributed by atoms with Crippen LogP contribution in [0.4, 0.5) is 11.4 Å². The van der Waals surface area contributed by atoms with Crippen LogP contribution in [0.25, 0.3) is 0 Å². The summed E-state index contributed by atoms with van der Waals surface area (Å²) in [7, 11) is 0. The Bertz CT molecular complexity index is 1010. The summed E-state index contributed by atoms with van der Waals surface area (Å²) >= 11 is 1.97. The number of amides is 1. The Morgan fingerprint density at radius 2 is 1.52 bits per heavy atom. The molecule has 0 aliphatic rings. The molecule has 0 fully saturated rings. The van der Waals surface area contributed by atoms with Crippen molar-refractivity contribution in [1.29, 1.82) is 0 Å². The number of unbranched alkanes of at least 4 members (excludes halogenated alkanes) is 3. The van der Waals surface area contributed by atoms with Crippen LogP contribution in [0.1, 0.15) is 74.9 Å². The van der Waals surface area contributed by atoms with E-state index in [0.29, 0.717) is 5.56 Å². The highest BCUT2D eigenvalue weighted by molar-refractivity contribution is 7.98. The fraction of sp³-hybridized carbons (Fsp3) is 0.367. The Balaban J connectivity index is 2.01. The number of carbonyl (C=O) groups excluding carboxylic acids is 1. The molecule has 0 heterocycles. The molecular weight excluding hydrogens is 422 g/mol. The molecule has 0 N–H and O–H groups in total. The van der Waals surface area contributed by atoms with Gasteiger partial charge >= 0.3 is 0 Å². The molecule has 3 aromatic rings. The minimum absolute atomic E-state index is 0.00126. The Morgan fingerprint density at radius 1 is 0.848 bits per heavy atom. The molecular formula is C30H37NOS. The maximum Gasteiger partial charge on any atom is 0.262 e. The second-order valence-corrected chi connectivity index (χ2v) is 10.7. The van der Waals surface area contributed by atoms with Gasteiger partial charge in [-0.1, -0.05) is 95.5 Å². The van der Waals surface area contributed by atoms with Crippen molar-refractivity contribution in [2.75, 3.05) is 10.7 Å². The summed E-state index contributed by atoms with van der Waals surface area (Å²) in [5.74, 6) is 2.05. The largest absolute Gasteiger partial charge is 0.277 e. The fourth-order valence-electron chi connectivity index (χ4n) is 3.83. The quantitative estimate of drug-likeness (QED) is 0.282. The van der Waals surface area contributed by atoms with E-state index in [-0.39, 0.29) is 11.3 Å². The third-order valence-corrected chi connectivity index (χ3v) is 6.92. The number of carbonyl (C=O) groups is 1. The van der Waals surface area contributed by atoms with Gasteiger partial charge in [-0.25, -0.2) is 0 Å². The van der Waals surface area contributed by atoms with Gasteiger partial charge in [-0.15, -0.1) is 0 Å². The van der Waals surface area contributed by atoms with Crippen LogP contribution >= 0.6 is 11.8 Å². The van der Waals surface area contributed by atoms with Gasteiger partial charge in [0.1, 0.15) is 0 Å². The van der Waals surface area contributed by atoms with Crippen molar-refractivity contribution >= 4 is 29.0 Å². The number of anilines is 2. The normalized spacial score (nSPS) is 11.4. The van der Waals surface area contributed by atoms with Gasteiger partial charge in [0.25, 0.3) is 5.91 Å². The van der Waals surface area contributed by atoms with Crippen molar-refractivity contribution in [1.82, 2.24) is 0 Å². The van der Waals surface area contributed by atoms with Crippen LogP contribution in [0.2, 0.25) is 0 Å². The SMILES string of the molecule is CCCCCCSCc1ccc(C(C)(C)C)cc1N(C(=O)c1ccccc1)c1ccccc1. The molecule has 0 radical (unpaired) electrons. The Labute approximate surface area is 204 Å². The van der Waals surface area contributed by atoms with Crippen molar-refractivity contribution in [2.45, 2.75) is 64.5 Å². The van der Waals surface area contributed by atoms with E-state index in [2.05, 4.69) is 45.9 Å².